The second-order valence-electron chi connectivity index (χ2n) is 4.31. The zero-order chi connectivity index (χ0) is 12.3. The summed E-state index contributed by atoms with van der Waals surface area (Å²) in [5.41, 5.74) is 3.38. The molecule has 0 saturated heterocycles. The zero-order valence-corrected chi connectivity index (χ0v) is 10.5. The van der Waals surface area contributed by atoms with Gasteiger partial charge in [-0.2, -0.15) is 0 Å². The van der Waals surface area contributed by atoms with E-state index >= 15 is 0 Å². The van der Waals surface area contributed by atoms with Crippen molar-refractivity contribution in [1.82, 2.24) is 4.98 Å². The van der Waals surface area contributed by atoms with Crippen LogP contribution in [0.3, 0.4) is 0 Å². The van der Waals surface area contributed by atoms with Gasteiger partial charge in [-0.1, -0.05) is 11.6 Å². The first-order valence-corrected chi connectivity index (χ1v) is 5.82. The van der Waals surface area contributed by atoms with Crippen LogP contribution in [0.5, 0.6) is 0 Å². The summed E-state index contributed by atoms with van der Waals surface area (Å²) in [5.74, 6) is 0. The van der Waals surface area contributed by atoms with Gasteiger partial charge in [-0.05, 0) is 32.0 Å². The van der Waals surface area contributed by atoms with Gasteiger partial charge in [0.15, 0.2) is 0 Å². The molecule has 1 unspecified atom stereocenters. The van der Waals surface area contributed by atoms with Crippen molar-refractivity contribution in [3.05, 3.63) is 36.0 Å². The summed E-state index contributed by atoms with van der Waals surface area (Å²) < 4.78 is 5.23. The fourth-order valence-corrected chi connectivity index (χ4v) is 1.75. The SMILES string of the molecule is COC(C)CNc1ccnc2ccc(C)cc12. The molecule has 2 rings (SSSR count). The normalized spacial score (nSPS) is 12.6. The number of fused-ring (bicyclic) bond motifs is 1. The van der Waals surface area contributed by atoms with Gasteiger partial charge in [0.25, 0.3) is 0 Å². The van der Waals surface area contributed by atoms with Crippen LogP contribution in [-0.2, 0) is 4.74 Å². The highest BCUT2D eigenvalue weighted by molar-refractivity contribution is 5.91. The summed E-state index contributed by atoms with van der Waals surface area (Å²) in [6.45, 7) is 4.93. The average molecular weight is 230 g/mol. The van der Waals surface area contributed by atoms with E-state index in [-0.39, 0.29) is 6.10 Å². The minimum atomic E-state index is 0.197. The molecule has 1 aromatic heterocycles. The molecule has 1 heterocycles. The van der Waals surface area contributed by atoms with Crippen molar-refractivity contribution >= 4 is 16.6 Å². The number of ether oxygens (including phenoxy) is 1. The van der Waals surface area contributed by atoms with Gasteiger partial charge in [0.1, 0.15) is 0 Å². The summed E-state index contributed by atoms with van der Waals surface area (Å²) in [4.78, 5) is 4.36. The van der Waals surface area contributed by atoms with Crippen molar-refractivity contribution in [3.8, 4) is 0 Å². The van der Waals surface area contributed by atoms with E-state index in [9.17, 15) is 0 Å². The molecule has 1 N–H and O–H groups in total. The number of pyridine rings is 1. The van der Waals surface area contributed by atoms with E-state index in [1.54, 1.807) is 7.11 Å². The summed E-state index contributed by atoms with van der Waals surface area (Å²) >= 11 is 0. The third kappa shape index (κ3) is 2.74. The number of nitrogens with one attached hydrogen (secondary N) is 1. The lowest BCUT2D eigenvalue weighted by molar-refractivity contribution is 0.129. The number of rotatable bonds is 4. The Hall–Kier alpha value is -1.61. The molecule has 0 bridgehead atoms. The monoisotopic (exact) mass is 230 g/mol. The average Bonchev–Trinajstić information content (AvgIpc) is 2.35. The van der Waals surface area contributed by atoms with Crippen LogP contribution in [0.15, 0.2) is 30.5 Å². The lowest BCUT2D eigenvalue weighted by Crippen LogP contribution is -2.18. The van der Waals surface area contributed by atoms with Crippen LogP contribution >= 0.6 is 0 Å². The topological polar surface area (TPSA) is 34.1 Å². The van der Waals surface area contributed by atoms with Crippen LogP contribution < -0.4 is 5.32 Å². The maximum atomic E-state index is 5.23. The number of methoxy groups -OCH3 is 1. The molecule has 0 aliphatic rings. The van der Waals surface area contributed by atoms with Crippen molar-refractivity contribution in [1.29, 1.82) is 0 Å². The van der Waals surface area contributed by atoms with E-state index in [0.717, 1.165) is 23.1 Å². The lowest BCUT2D eigenvalue weighted by atomic mass is 10.1. The summed E-state index contributed by atoms with van der Waals surface area (Å²) in [7, 11) is 1.72. The number of benzene rings is 1. The molecule has 0 aliphatic heterocycles. The second kappa shape index (κ2) is 5.15. The smallest absolute Gasteiger partial charge is 0.0722 e. The minimum absolute atomic E-state index is 0.197. The molecular weight excluding hydrogens is 212 g/mol. The van der Waals surface area contributed by atoms with Crippen LogP contribution in [0.25, 0.3) is 10.9 Å². The Morgan fingerprint density at radius 3 is 2.94 bits per heavy atom. The highest BCUT2D eigenvalue weighted by Crippen LogP contribution is 2.22. The van der Waals surface area contributed by atoms with Gasteiger partial charge in [0, 0.05) is 30.9 Å². The van der Waals surface area contributed by atoms with Crippen molar-refractivity contribution < 1.29 is 4.74 Å². The third-order valence-electron chi connectivity index (χ3n) is 2.88. The largest absolute Gasteiger partial charge is 0.382 e. The maximum Gasteiger partial charge on any atom is 0.0722 e. The van der Waals surface area contributed by atoms with E-state index in [4.69, 9.17) is 4.74 Å². The summed E-state index contributed by atoms with van der Waals surface area (Å²) in [6, 6.07) is 8.29. The lowest BCUT2D eigenvalue weighted by Gasteiger charge is -2.13. The number of nitrogens with zero attached hydrogens (tertiary/aromatic N) is 1. The van der Waals surface area contributed by atoms with Crippen molar-refractivity contribution in [3.63, 3.8) is 0 Å². The van der Waals surface area contributed by atoms with Gasteiger partial charge in [-0.15, -0.1) is 0 Å². The number of aryl methyl sites for hydroxylation is 1. The fraction of sp³-hybridized carbons (Fsp3) is 0.357. The Morgan fingerprint density at radius 1 is 1.35 bits per heavy atom. The maximum absolute atomic E-state index is 5.23. The Morgan fingerprint density at radius 2 is 2.18 bits per heavy atom. The summed E-state index contributed by atoms with van der Waals surface area (Å²) in [6.07, 6.45) is 2.03. The first-order chi connectivity index (χ1) is 8.20. The van der Waals surface area contributed by atoms with Crippen LogP contribution in [0.1, 0.15) is 12.5 Å². The Kier molecular flexibility index (Phi) is 3.59. The molecule has 0 amide bonds. The number of aromatic nitrogens is 1. The zero-order valence-electron chi connectivity index (χ0n) is 10.5. The van der Waals surface area contributed by atoms with Crippen LogP contribution in [0, 0.1) is 6.92 Å². The minimum Gasteiger partial charge on any atom is -0.382 e. The molecule has 17 heavy (non-hydrogen) atoms. The second-order valence-corrected chi connectivity index (χ2v) is 4.31. The predicted octanol–water partition coefficient (Wildman–Crippen LogP) is 2.99. The van der Waals surface area contributed by atoms with Gasteiger partial charge in [-0.25, -0.2) is 0 Å². The van der Waals surface area contributed by atoms with Crippen LogP contribution in [0.4, 0.5) is 5.69 Å². The molecule has 3 heteroatoms. The summed E-state index contributed by atoms with van der Waals surface area (Å²) in [5, 5.41) is 4.56. The first kappa shape index (κ1) is 11.9. The van der Waals surface area contributed by atoms with Gasteiger partial charge < -0.3 is 10.1 Å². The van der Waals surface area contributed by atoms with Crippen molar-refractivity contribution in [2.24, 2.45) is 0 Å². The first-order valence-electron chi connectivity index (χ1n) is 5.82. The van der Waals surface area contributed by atoms with Crippen LogP contribution in [-0.4, -0.2) is 24.7 Å². The fourth-order valence-electron chi connectivity index (χ4n) is 1.75. The molecule has 0 radical (unpaired) electrons. The van der Waals surface area contributed by atoms with Gasteiger partial charge in [-0.3, -0.25) is 4.98 Å². The molecule has 90 valence electrons. The Balaban J connectivity index is 2.30. The predicted molar refractivity (Wildman–Crippen MR) is 71.4 cm³/mol. The van der Waals surface area contributed by atoms with E-state index in [2.05, 4.69) is 35.4 Å². The Labute approximate surface area is 102 Å². The van der Waals surface area contributed by atoms with E-state index < -0.39 is 0 Å². The standard InChI is InChI=1S/C14H18N2O/c1-10-4-5-13-12(8-10)14(6-7-15-13)16-9-11(2)17-3/h4-8,11H,9H2,1-3H3,(H,15,16). The van der Waals surface area contributed by atoms with E-state index in [1.807, 2.05) is 19.2 Å². The molecule has 3 nitrogen and oxygen atoms in total. The highest BCUT2D eigenvalue weighted by Gasteiger charge is 2.04. The quantitative estimate of drug-likeness (QED) is 0.876. The highest BCUT2D eigenvalue weighted by atomic mass is 16.5. The molecule has 2 aromatic rings. The number of hydrogen-bond donors (Lipinski definition) is 1. The van der Waals surface area contributed by atoms with Crippen LogP contribution in [0.2, 0.25) is 0 Å². The molecular formula is C14H18N2O. The third-order valence-corrected chi connectivity index (χ3v) is 2.88. The molecule has 1 atom stereocenters. The molecule has 0 aliphatic carbocycles. The van der Waals surface area contributed by atoms with Gasteiger partial charge >= 0.3 is 0 Å². The van der Waals surface area contributed by atoms with Crippen molar-refractivity contribution in [2.45, 2.75) is 20.0 Å². The van der Waals surface area contributed by atoms with Crippen molar-refractivity contribution in [2.75, 3.05) is 19.0 Å². The van der Waals surface area contributed by atoms with E-state index in [0.29, 0.717) is 0 Å². The number of hydrogen-bond acceptors (Lipinski definition) is 3. The number of anilines is 1. The van der Waals surface area contributed by atoms with Gasteiger partial charge in [0.2, 0.25) is 0 Å². The molecule has 0 saturated carbocycles. The molecule has 1 aromatic carbocycles. The van der Waals surface area contributed by atoms with Gasteiger partial charge in [0.05, 0.1) is 11.6 Å². The molecule has 0 fully saturated rings. The Bertz CT molecular complexity index is 511. The van der Waals surface area contributed by atoms with E-state index in [1.165, 1.54) is 5.56 Å². The molecule has 0 spiro atoms.